The van der Waals surface area contributed by atoms with Crippen molar-refractivity contribution in [3.05, 3.63) is 57.6 Å². The molecule has 0 saturated carbocycles. The highest BCUT2D eigenvalue weighted by Gasteiger charge is 2.23. The summed E-state index contributed by atoms with van der Waals surface area (Å²) >= 11 is 0. The number of para-hydroxylation sites is 1. The first-order chi connectivity index (χ1) is 12.4. The lowest BCUT2D eigenvalue weighted by molar-refractivity contribution is -0.386. The third-order valence-corrected chi connectivity index (χ3v) is 3.37. The predicted molar refractivity (Wildman–Crippen MR) is 93.7 cm³/mol. The van der Waals surface area contributed by atoms with E-state index in [1.165, 1.54) is 19.2 Å². The molecule has 2 aromatic rings. The second kappa shape index (κ2) is 8.47. The van der Waals surface area contributed by atoms with E-state index in [0.29, 0.717) is 5.75 Å². The first-order valence-electron chi connectivity index (χ1n) is 7.48. The summed E-state index contributed by atoms with van der Waals surface area (Å²) in [6, 6.07) is 9.74. The third kappa shape index (κ3) is 4.47. The number of hydrogen-bond donors (Lipinski definition) is 2. The van der Waals surface area contributed by atoms with Crippen molar-refractivity contribution >= 4 is 17.8 Å². The number of hydrazone groups is 1. The molecule has 0 bridgehead atoms. The van der Waals surface area contributed by atoms with Gasteiger partial charge in [0, 0.05) is 0 Å². The second-order valence-electron chi connectivity index (χ2n) is 5.16. The number of carbonyl (C=O) groups is 1. The fourth-order valence-corrected chi connectivity index (χ4v) is 2.14. The van der Waals surface area contributed by atoms with E-state index in [4.69, 9.17) is 9.47 Å². The Bertz CT molecular complexity index is 850. The van der Waals surface area contributed by atoms with Crippen LogP contribution in [-0.4, -0.2) is 35.9 Å². The van der Waals surface area contributed by atoms with Gasteiger partial charge in [0.1, 0.15) is 5.75 Å². The van der Waals surface area contributed by atoms with Crippen molar-refractivity contribution in [2.45, 2.75) is 6.92 Å². The Morgan fingerprint density at radius 3 is 2.73 bits per heavy atom. The summed E-state index contributed by atoms with van der Waals surface area (Å²) in [4.78, 5) is 22.2. The number of nitro benzene ring substituents is 1. The standard InChI is InChI=1S/C17H17N3O6/c1-11-5-3-4-6-14(11)26-10-15(22)19-18-9-12-7-8-13(21)17(25-2)16(12)20(23)24/h3-9,21H,10H2,1-2H3,(H,19,22). The zero-order valence-electron chi connectivity index (χ0n) is 14.1. The summed E-state index contributed by atoms with van der Waals surface area (Å²) < 4.78 is 10.2. The molecule has 9 nitrogen and oxygen atoms in total. The van der Waals surface area contributed by atoms with Crippen LogP contribution in [0.1, 0.15) is 11.1 Å². The van der Waals surface area contributed by atoms with E-state index in [0.717, 1.165) is 11.8 Å². The average Bonchev–Trinajstić information content (AvgIpc) is 2.61. The number of phenolic OH excluding ortho intramolecular Hbond substituents is 1. The number of carbonyl (C=O) groups excluding carboxylic acids is 1. The van der Waals surface area contributed by atoms with Gasteiger partial charge in [0.15, 0.2) is 12.4 Å². The molecule has 0 radical (unpaired) electrons. The fourth-order valence-electron chi connectivity index (χ4n) is 2.14. The minimum Gasteiger partial charge on any atom is -0.504 e. The van der Waals surface area contributed by atoms with Gasteiger partial charge in [-0.3, -0.25) is 14.9 Å². The molecule has 0 spiro atoms. The van der Waals surface area contributed by atoms with E-state index in [-0.39, 0.29) is 23.7 Å². The molecule has 0 aliphatic heterocycles. The van der Waals surface area contributed by atoms with Gasteiger partial charge in [0.05, 0.1) is 23.8 Å². The molecule has 0 aliphatic carbocycles. The lowest BCUT2D eigenvalue weighted by atomic mass is 10.1. The van der Waals surface area contributed by atoms with Crippen molar-refractivity contribution in [1.82, 2.24) is 5.43 Å². The Hall–Kier alpha value is -3.62. The monoisotopic (exact) mass is 359 g/mol. The number of nitro groups is 1. The number of phenols is 1. The number of hydrogen-bond acceptors (Lipinski definition) is 7. The van der Waals surface area contributed by atoms with E-state index >= 15 is 0 Å². The highest BCUT2D eigenvalue weighted by molar-refractivity contribution is 5.89. The fraction of sp³-hybridized carbons (Fsp3) is 0.176. The highest BCUT2D eigenvalue weighted by atomic mass is 16.6. The number of benzene rings is 2. The number of methoxy groups -OCH3 is 1. The SMILES string of the molecule is COc1c(O)ccc(C=NNC(=O)COc2ccccc2C)c1[N+](=O)[O-]. The Kier molecular flexibility index (Phi) is 6.10. The number of nitrogens with zero attached hydrogens (tertiary/aromatic N) is 2. The first kappa shape index (κ1) is 18.7. The van der Waals surface area contributed by atoms with E-state index in [2.05, 4.69) is 10.5 Å². The topological polar surface area (TPSA) is 123 Å². The summed E-state index contributed by atoms with van der Waals surface area (Å²) in [6.07, 6.45) is 1.09. The van der Waals surface area contributed by atoms with Crippen molar-refractivity contribution in [2.24, 2.45) is 5.10 Å². The quantitative estimate of drug-likeness (QED) is 0.443. The van der Waals surface area contributed by atoms with Gasteiger partial charge >= 0.3 is 5.69 Å². The molecule has 136 valence electrons. The molecule has 0 fully saturated rings. The predicted octanol–water partition coefficient (Wildman–Crippen LogP) is 2.15. The van der Waals surface area contributed by atoms with E-state index in [9.17, 15) is 20.0 Å². The molecule has 2 N–H and O–H groups in total. The summed E-state index contributed by atoms with van der Waals surface area (Å²) in [5, 5.41) is 24.5. The molecular weight excluding hydrogens is 342 g/mol. The van der Waals surface area contributed by atoms with Crippen LogP contribution >= 0.6 is 0 Å². The van der Waals surface area contributed by atoms with Crippen LogP contribution in [0.15, 0.2) is 41.5 Å². The number of rotatable bonds is 7. The van der Waals surface area contributed by atoms with Crippen LogP contribution < -0.4 is 14.9 Å². The minimum absolute atomic E-state index is 0.0600. The molecular formula is C17H17N3O6. The van der Waals surface area contributed by atoms with Gasteiger partial charge in [-0.2, -0.15) is 5.10 Å². The van der Waals surface area contributed by atoms with Gasteiger partial charge in [-0.1, -0.05) is 18.2 Å². The molecule has 0 aliphatic rings. The maximum atomic E-state index is 11.8. The van der Waals surface area contributed by atoms with Crippen LogP contribution in [0.2, 0.25) is 0 Å². The van der Waals surface area contributed by atoms with Gasteiger partial charge in [-0.05, 0) is 30.7 Å². The second-order valence-corrected chi connectivity index (χ2v) is 5.16. The third-order valence-electron chi connectivity index (χ3n) is 3.37. The molecule has 9 heteroatoms. The summed E-state index contributed by atoms with van der Waals surface area (Å²) in [5.74, 6) is -0.608. The number of aromatic hydroxyl groups is 1. The number of ether oxygens (including phenoxy) is 2. The van der Waals surface area contributed by atoms with Gasteiger partial charge in [-0.25, -0.2) is 5.43 Å². The van der Waals surface area contributed by atoms with Crippen LogP contribution in [0.4, 0.5) is 5.69 Å². The van der Waals surface area contributed by atoms with Crippen LogP contribution in [0, 0.1) is 17.0 Å². The van der Waals surface area contributed by atoms with Gasteiger partial charge in [0.2, 0.25) is 5.75 Å². The van der Waals surface area contributed by atoms with Gasteiger partial charge in [-0.15, -0.1) is 0 Å². The molecule has 0 heterocycles. The zero-order valence-corrected chi connectivity index (χ0v) is 14.1. The normalized spacial score (nSPS) is 10.5. The lowest BCUT2D eigenvalue weighted by Crippen LogP contribution is -2.24. The molecule has 0 atom stereocenters. The largest absolute Gasteiger partial charge is 0.504 e. The summed E-state index contributed by atoms with van der Waals surface area (Å²) in [6.45, 7) is 1.59. The smallest absolute Gasteiger partial charge is 0.323 e. The van der Waals surface area contributed by atoms with Crippen molar-refractivity contribution in [1.29, 1.82) is 0 Å². The van der Waals surface area contributed by atoms with Crippen molar-refractivity contribution in [3.8, 4) is 17.2 Å². The van der Waals surface area contributed by atoms with E-state index in [1.54, 1.807) is 12.1 Å². The molecule has 0 aromatic heterocycles. The Morgan fingerprint density at radius 1 is 1.35 bits per heavy atom. The summed E-state index contributed by atoms with van der Waals surface area (Å²) in [7, 11) is 1.20. The molecule has 2 aromatic carbocycles. The van der Waals surface area contributed by atoms with Crippen molar-refractivity contribution < 1.29 is 24.3 Å². The molecule has 0 saturated heterocycles. The number of aryl methyl sites for hydroxylation is 1. The Morgan fingerprint density at radius 2 is 2.08 bits per heavy atom. The van der Waals surface area contributed by atoms with E-state index in [1.807, 2.05) is 19.1 Å². The highest BCUT2D eigenvalue weighted by Crippen LogP contribution is 2.37. The molecule has 0 unspecified atom stereocenters. The Balaban J connectivity index is 2.03. The summed E-state index contributed by atoms with van der Waals surface area (Å²) in [5.41, 5.74) is 2.71. The number of amides is 1. The first-order valence-corrected chi connectivity index (χ1v) is 7.48. The maximum Gasteiger partial charge on any atom is 0.323 e. The van der Waals surface area contributed by atoms with Crippen LogP contribution in [0.5, 0.6) is 17.2 Å². The molecule has 1 amide bonds. The maximum absolute atomic E-state index is 11.8. The van der Waals surface area contributed by atoms with Crippen LogP contribution in [0.3, 0.4) is 0 Å². The number of nitrogens with one attached hydrogen (secondary N) is 1. The molecule has 2 rings (SSSR count). The molecule has 26 heavy (non-hydrogen) atoms. The average molecular weight is 359 g/mol. The van der Waals surface area contributed by atoms with Crippen molar-refractivity contribution in [2.75, 3.05) is 13.7 Å². The van der Waals surface area contributed by atoms with E-state index < -0.39 is 16.5 Å². The minimum atomic E-state index is -0.705. The van der Waals surface area contributed by atoms with Crippen LogP contribution in [-0.2, 0) is 4.79 Å². The van der Waals surface area contributed by atoms with Crippen molar-refractivity contribution in [3.63, 3.8) is 0 Å². The van der Waals surface area contributed by atoms with Crippen LogP contribution in [0.25, 0.3) is 0 Å². The van der Waals surface area contributed by atoms with Gasteiger partial charge in [0.25, 0.3) is 5.91 Å². The van der Waals surface area contributed by atoms with Gasteiger partial charge < -0.3 is 14.6 Å². The lowest BCUT2D eigenvalue weighted by Gasteiger charge is -2.07. The Labute approximate surface area is 149 Å². The zero-order chi connectivity index (χ0) is 19.1.